The summed E-state index contributed by atoms with van der Waals surface area (Å²) in [6.45, 7) is 4.28. The zero-order valence-electron chi connectivity index (χ0n) is 10.6. The van der Waals surface area contributed by atoms with Crippen molar-refractivity contribution in [1.82, 2.24) is 4.98 Å². The Bertz CT molecular complexity index is 520. The second-order valence-electron chi connectivity index (χ2n) is 4.44. The van der Waals surface area contributed by atoms with Gasteiger partial charge in [-0.2, -0.15) is 11.8 Å². The molecule has 0 spiro atoms. The Hall–Kier alpha value is -0.990. The summed E-state index contributed by atoms with van der Waals surface area (Å²) in [5.41, 5.74) is 5.13. The molecule has 1 heterocycles. The summed E-state index contributed by atoms with van der Waals surface area (Å²) in [4.78, 5) is 4.09. The molecule has 0 saturated carbocycles. The lowest BCUT2D eigenvalue weighted by Gasteiger charge is -2.06. The van der Waals surface area contributed by atoms with Crippen LogP contribution in [0.25, 0.3) is 0 Å². The van der Waals surface area contributed by atoms with Crippen molar-refractivity contribution in [3.8, 4) is 0 Å². The number of hydrogen-bond donors (Lipinski definition) is 0. The van der Waals surface area contributed by atoms with Crippen molar-refractivity contribution in [3.05, 3.63) is 63.9 Å². The summed E-state index contributed by atoms with van der Waals surface area (Å²) in [5.74, 6) is 1.91. The van der Waals surface area contributed by atoms with Gasteiger partial charge in [0.2, 0.25) is 0 Å². The van der Waals surface area contributed by atoms with Gasteiger partial charge in [0.15, 0.2) is 0 Å². The van der Waals surface area contributed by atoms with Crippen molar-refractivity contribution in [2.75, 3.05) is 0 Å². The predicted molar refractivity (Wildman–Crippen MR) is 80.2 cm³/mol. The van der Waals surface area contributed by atoms with Gasteiger partial charge < -0.3 is 0 Å². The smallest absolute Gasteiger partial charge is 0.133 e. The van der Waals surface area contributed by atoms with Crippen molar-refractivity contribution in [3.63, 3.8) is 0 Å². The molecular formula is C15H16ClNS. The highest BCUT2D eigenvalue weighted by Crippen LogP contribution is 2.22. The van der Waals surface area contributed by atoms with Gasteiger partial charge in [-0.25, -0.2) is 4.98 Å². The molecule has 0 unspecified atom stereocenters. The molecular weight excluding hydrogens is 262 g/mol. The highest BCUT2D eigenvalue weighted by molar-refractivity contribution is 7.97. The molecule has 3 heteroatoms. The van der Waals surface area contributed by atoms with Gasteiger partial charge in [-0.3, -0.25) is 0 Å². The number of thioether (sulfide) groups is 1. The average molecular weight is 278 g/mol. The fraction of sp³-hybridized carbons (Fsp3) is 0.267. The van der Waals surface area contributed by atoms with E-state index >= 15 is 0 Å². The zero-order chi connectivity index (χ0) is 13.0. The second kappa shape index (κ2) is 6.26. The standard InChI is InChI=1S/C15H16ClNS/c1-11-6-12(2)8-13(7-11)9-18-10-14-4-3-5-17-15(14)16/h3-8H,9-10H2,1-2H3. The Balaban J connectivity index is 1.94. The van der Waals surface area contributed by atoms with Gasteiger partial charge in [0, 0.05) is 17.7 Å². The first kappa shape index (κ1) is 13.4. The van der Waals surface area contributed by atoms with Crippen molar-refractivity contribution in [2.24, 2.45) is 0 Å². The number of aryl methyl sites for hydroxylation is 2. The van der Waals surface area contributed by atoms with E-state index in [1.54, 1.807) is 6.20 Å². The third-order valence-electron chi connectivity index (χ3n) is 2.64. The molecule has 0 amide bonds. The SMILES string of the molecule is Cc1cc(C)cc(CSCc2cccnc2Cl)c1. The number of benzene rings is 1. The van der Waals surface area contributed by atoms with Gasteiger partial charge in [0.25, 0.3) is 0 Å². The van der Waals surface area contributed by atoms with E-state index in [0.717, 1.165) is 17.1 Å². The van der Waals surface area contributed by atoms with E-state index < -0.39 is 0 Å². The predicted octanol–water partition coefficient (Wildman–Crippen LogP) is 4.79. The first-order valence-corrected chi connectivity index (χ1v) is 7.43. The zero-order valence-corrected chi connectivity index (χ0v) is 12.2. The van der Waals surface area contributed by atoms with E-state index in [1.165, 1.54) is 16.7 Å². The molecule has 0 saturated heterocycles. The molecule has 0 N–H and O–H groups in total. The van der Waals surface area contributed by atoms with Crippen LogP contribution in [0.15, 0.2) is 36.5 Å². The molecule has 18 heavy (non-hydrogen) atoms. The number of nitrogens with zero attached hydrogens (tertiary/aromatic N) is 1. The molecule has 1 aromatic heterocycles. The lowest BCUT2D eigenvalue weighted by atomic mass is 10.1. The summed E-state index contributed by atoms with van der Waals surface area (Å²) in [6, 6.07) is 10.6. The van der Waals surface area contributed by atoms with Gasteiger partial charge in [0.05, 0.1) is 0 Å². The molecule has 2 aromatic rings. The highest BCUT2D eigenvalue weighted by atomic mass is 35.5. The first-order chi connectivity index (χ1) is 8.65. The molecule has 0 fully saturated rings. The third kappa shape index (κ3) is 3.76. The van der Waals surface area contributed by atoms with Crippen molar-refractivity contribution < 1.29 is 0 Å². The Morgan fingerprint density at radius 3 is 2.50 bits per heavy atom. The topological polar surface area (TPSA) is 12.9 Å². The number of rotatable bonds is 4. The van der Waals surface area contributed by atoms with Crippen LogP contribution in [0.4, 0.5) is 0 Å². The summed E-state index contributed by atoms with van der Waals surface area (Å²) in [5, 5.41) is 0.616. The molecule has 1 aromatic carbocycles. The third-order valence-corrected chi connectivity index (χ3v) is 4.04. The largest absolute Gasteiger partial charge is 0.244 e. The molecule has 2 rings (SSSR count). The number of pyridine rings is 1. The van der Waals surface area contributed by atoms with Crippen molar-refractivity contribution >= 4 is 23.4 Å². The Morgan fingerprint density at radius 2 is 1.83 bits per heavy atom. The van der Waals surface area contributed by atoms with Crippen LogP contribution < -0.4 is 0 Å². The monoisotopic (exact) mass is 277 g/mol. The maximum absolute atomic E-state index is 6.03. The summed E-state index contributed by atoms with van der Waals surface area (Å²) < 4.78 is 0. The van der Waals surface area contributed by atoms with Crippen LogP contribution >= 0.6 is 23.4 Å². The minimum absolute atomic E-state index is 0.616. The van der Waals surface area contributed by atoms with Gasteiger partial charge in [0.1, 0.15) is 5.15 Å². The number of hydrogen-bond acceptors (Lipinski definition) is 2. The van der Waals surface area contributed by atoms with E-state index in [9.17, 15) is 0 Å². The fourth-order valence-corrected chi connectivity index (χ4v) is 3.18. The molecule has 1 nitrogen and oxygen atoms in total. The van der Waals surface area contributed by atoms with Crippen LogP contribution in [0, 0.1) is 13.8 Å². The van der Waals surface area contributed by atoms with E-state index in [2.05, 4.69) is 37.0 Å². The van der Waals surface area contributed by atoms with Crippen LogP contribution in [-0.4, -0.2) is 4.98 Å². The molecule has 0 radical (unpaired) electrons. The Morgan fingerprint density at radius 1 is 1.11 bits per heavy atom. The first-order valence-electron chi connectivity index (χ1n) is 5.89. The van der Waals surface area contributed by atoms with Crippen LogP contribution in [0.3, 0.4) is 0 Å². The van der Waals surface area contributed by atoms with Gasteiger partial charge in [-0.05, 0) is 31.0 Å². The quantitative estimate of drug-likeness (QED) is 0.746. The molecule has 0 aliphatic carbocycles. The van der Waals surface area contributed by atoms with Crippen LogP contribution in [0.5, 0.6) is 0 Å². The van der Waals surface area contributed by atoms with Gasteiger partial charge in [-0.1, -0.05) is 47.0 Å². The Labute approximate surface area is 118 Å². The molecule has 0 aliphatic rings. The summed E-state index contributed by atoms with van der Waals surface area (Å²) in [6.07, 6.45) is 1.72. The molecule has 0 aliphatic heterocycles. The summed E-state index contributed by atoms with van der Waals surface area (Å²) in [7, 11) is 0. The second-order valence-corrected chi connectivity index (χ2v) is 5.79. The van der Waals surface area contributed by atoms with Crippen LogP contribution in [0.2, 0.25) is 5.15 Å². The Kier molecular flexibility index (Phi) is 4.67. The normalized spacial score (nSPS) is 10.6. The maximum Gasteiger partial charge on any atom is 0.133 e. The van der Waals surface area contributed by atoms with E-state index in [1.807, 2.05) is 23.9 Å². The van der Waals surface area contributed by atoms with Crippen molar-refractivity contribution in [2.45, 2.75) is 25.4 Å². The van der Waals surface area contributed by atoms with Gasteiger partial charge in [-0.15, -0.1) is 0 Å². The van der Waals surface area contributed by atoms with E-state index in [4.69, 9.17) is 11.6 Å². The van der Waals surface area contributed by atoms with Gasteiger partial charge >= 0.3 is 0 Å². The van der Waals surface area contributed by atoms with Crippen molar-refractivity contribution in [1.29, 1.82) is 0 Å². The number of halogens is 1. The lowest BCUT2D eigenvalue weighted by Crippen LogP contribution is -1.88. The maximum atomic E-state index is 6.03. The van der Waals surface area contributed by atoms with Crippen LogP contribution in [0.1, 0.15) is 22.3 Å². The lowest BCUT2D eigenvalue weighted by molar-refractivity contribution is 1.24. The average Bonchev–Trinajstić information content (AvgIpc) is 2.30. The number of aromatic nitrogens is 1. The van der Waals surface area contributed by atoms with E-state index in [0.29, 0.717) is 5.15 Å². The molecule has 94 valence electrons. The highest BCUT2D eigenvalue weighted by Gasteiger charge is 2.01. The molecule has 0 bridgehead atoms. The van der Waals surface area contributed by atoms with Crippen LogP contribution in [-0.2, 0) is 11.5 Å². The summed E-state index contributed by atoms with van der Waals surface area (Å²) >= 11 is 7.90. The fourth-order valence-electron chi connectivity index (χ4n) is 1.96. The molecule has 0 atom stereocenters. The minimum atomic E-state index is 0.616. The minimum Gasteiger partial charge on any atom is -0.244 e. The van der Waals surface area contributed by atoms with E-state index in [-0.39, 0.29) is 0 Å².